The average molecular weight is 406 g/mol. The lowest BCUT2D eigenvalue weighted by Crippen LogP contribution is -2.32. The SMILES string of the molecule is CC1(F)CCN(c2nccc(-c3ccn[nH]3)c2NC(=O)N2Cc3ccccc3C2)C1. The number of aromatic amines is 1. The predicted octanol–water partition coefficient (Wildman–Crippen LogP) is 3.96. The standard InChI is InChI=1S/C22H23FN6O/c1-22(23)8-11-28(14-22)20-19(17(6-9-24-20)18-7-10-25-27-18)26-21(30)29-12-15-4-2-3-5-16(15)13-29/h2-7,9-10H,8,11-14H2,1H3,(H,25,27)(H,26,30). The number of H-pyrrole nitrogens is 1. The summed E-state index contributed by atoms with van der Waals surface area (Å²) in [6.45, 7) is 3.51. The van der Waals surface area contributed by atoms with E-state index in [1.54, 1.807) is 24.2 Å². The van der Waals surface area contributed by atoms with Gasteiger partial charge in [-0.05, 0) is 30.2 Å². The van der Waals surface area contributed by atoms with E-state index >= 15 is 0 Å². The molecular weight excluding hydrogens is 383 g/mol. The van der Waals surface area contributed by atoms with Crippen molar-refractivity contribution in [1.82, 2.24) is 20.1 Å². The van der Waals surface area contributed by atoms with Crippen molar-refractivity contribution in [3.63, 3.8) is 0 Å². The Morgan fingerprint density at radius 3 is 2.57 bits per heavy atom. The topological polar surface area (TPSA) is 77.1 Å². The fraction of sp³-hybridized carbons (Fsp3) is 0.318. The van der Waals surface area contributed by atoms with Crippen LogP contribution in [0.5, 0.6) is 0 Å². The van der Waals surface area contributed by atoms with E-state index in [0.29, 0.717) is 37.6 Å². The van der Waals surface area contributed by atoms with E-state index in [2.05, 4.69) is 20.5 Å². The number of aromatic nitrogens is 3. The summed E-state index contributed by atoms with van der Waals surface area (Å²) in [6, 6.07) is 11.5. The summed E-state index contributed by atoms with van der Waals surface area (Å²) in [5.74, 6) is 0.577. The molecule has 1 saturated heterocycles. The van der Waals surface area contributed by atoms with Crippen molar-refractivity contribution in [1.29, 1.82) is 0 Å². The number of halogens is 1. The van der Waals surface area contributed by atoms with Crippen molar-refractivity contribution < 1.29 is 9.18 Å². The van der Waals surface area contributed by atoms with Crippen molar-refractivity contribution in [2.45, 2.75) is 32.1 Å². The van der Waals surface area contributed by atoms with Crippen LogP contribution in [-0.4, -0.2) is 44.9 Å². The number of anilines is 2. The first-order valence-corrected chi connectivity index (χ1v) is 10.1. The first-order chi connectivity index (χ1) is 14.5. The van der Waals surface area contributed by atoms with Crippen LogP contribution in [-0.2, 0) is 13.1 Å². The summed E-state index contributed by atoms with van der Waals surface area (Å²) in [5, 5.41) is 10.0. The van der Waals surface area contributed by atoms with Gasteiger partial charge in [0.05, 0.1) is 17.9 Å². The Morgan fingerprint density at radius 2 is 1.93 bits per heavy atom. The highest BCUT2D eigenvalue weighted by Crippen LogP contribution is 2.38. The third-order valence-electron chi connectivity index (χ3n) is 5.80. The van der Waals surface area contributed by atoms with Crippen molar-refractivity contribution in [2.75, 3.05) is 23.3 Å². The number of alkyl halides is 1. The molecule has 154 valence electrons. The summed E-state index contributed by atoms with van der Waals surface area (Å²) in [5.41, 5.74) is 3.14. The number of rotatable bonds is 3. The Labute approximate surface area is 173 Å². The summed E-state index contributed by atoms with van der Waals surface area (Å²) in [6.07, 6.45) is 3.77. The number of hydrogen-bond acceptors (Lipinski definition) is 4. The fourth-order valence-electron chi connectivity index (χ4n) is 4.21. The second-order valence-electron chi connectivity index (χ2n) is 8.17. The second kappa shape index (κ2) is 7.12. The molecule has 0 aliphatic carbocycles. The predicted molar refractivity (Wildman–Crippen MR) is 113 cm³/mol. The maximum Gasteiger partial charge on any atom is 0.322 e. The number of carbonyl (C=O) groups is 1. The molecule has 4 heterocycles. The van der Waals surface area contributed by atoms with Crippen molar-refractivity contribution in [2.24, 2.45) is 0 Å². The van der Waals surface area contributed by atoms with Gasteiger partial charge in [0.25, 0.3) is 0 Å². The molecule has 0 saturated carbocycles. The van der Waals surface area contributed by atoms with Crippen molar-refractivity contribution >= 4 is 17.5 Å². The highest BCUT2D eigenvalue weighted by atomic mass is 19.1. The Bertz CT molecular complexity index is 1060. The Hall–Kier alpha value is -3.42. The number of urea groups is 1. The van der Waals surface area contributed by atoms with Crippen LogP contribution >= 0.6 is 0 Å². The number of fused-ring (bicyclic) bond motifs is 1. The van der Waals surface area contributed by atoms with E-state index in [-0.39, 0.29) is 12.6 Å². The van der Waals surface area contributed by atoms with E-state index in [4.69, 9.17) is 0 Å². The smallest absolute Gasteiger partial charge is 0.322 e. The average Bonchev–Trinajstić information content (AvgIpc) is 3.47. The van der Waals surface area contributed by atoms with Crippen molar-refractivity contribution in [3.8, 4) is 11.3 Å². The number of nitrogens with one attached hydrogen (secondary N) is 2. The van der Waals surface area contributed by atoms with E-state index < -0.39 is 5.67 Å². The summed E-state index contributed by atoms with van der Waals surface area (Å²) < 4.78 is 14.5. The number of nitrogens with zero attached hydrogens (tertiary/aromatic N) is 4. The van der Waals surface area contributed by atoms with Gasteiger partial charge in [0.1, 0.15) is 5.67 Å². The first-order valence-electron chi connectivity index (χ1n) is 10.1. The Balaban J connectivity index is 1.48. The maximum atomic E-state index is 14.5. The minimum atomic E-state index is -1.27. The molecule has 5 rings (SSSR count). The van der Waals surface area contributed by atoms with E-state index in [0.717, 1.165) is 22.4 Å². The highest BCUT2D eigenvalue weighted by molar-refractivity contribution is 5.98. The van der Waals surface area contributed by atoms with Gasteiger partial charge < -0.3 is 15.1 Å². The van der Waals surface area contributed by atoms with Gasteiger partial charge in [-0.1, -0.05) is 24.3 Å². The van der Waals surface area contributed by atoms with Crippen LogP contribution < -0.4 is 10.2 Å². The molecule has 2 aliphatic heterocycles. The van der Waals surface area contributed by atoms with Gasteiger partial charge in [0.2, 0.25) is 0 Å². The molecule has 2 amide bonds. The zero-order chi connectivity index (χ0) is 20.7. The van der Waals surface area contributed by atoms with Gasteiger partial charge in [0.15, 0.2) is 5.82 Å². The van der Waals surface area contributed by atoms with Gasteiger partial charge in [0, 0.05) is 44.0 Å². The van der Waals surface area contributed by atoms with E-state index in [1.165, 1.54) is 0 Å². The molecule has 1 unspecified atom stereocenters. The van der Waals surface area contributed by atoms with Gasteiger partial charge in [-0.15, -0.1) is 0 Å². The molecule has 0 radical (unpaired) electrons. The van der Waals surface area contributed by atoms with Crippen LogP contribution in [0.2, 0.25) is 0 Å². The van der Waals surface area contributed by atoms with E-state index in [1.807, 2.05) is 41.3 Å². The number of hydrogen-bond donors (Lipinski definition) is 2. The molecule has 2 N–H and O–H groups in total. The zero-order valence-corrected chi connectivity index (χ0v) is 16.7. The molecule has 2 aromatic heterocycles. The quantitative estimate of drug-likeness (QED) is 0.690. The highest BCUT2D eigenvalue weighted by Gasteiger charge is 2.36. The van der Waals surface area contributed by atoms with Gasteiger partial charge in [-0.3, -0.25) is 5.10 Å². The first kappa shape index (κ1) is 18.6. The molecule has 3 aromatic rings. The molecule has 0 bridgehead atoms. The lowest BCUT2D eigenvalue weighted by Gasteiger charge is -2.25. The number of pyridine rings is 1. The van der Waals surface area contributed by atoms with E-state index in [9.17, 15) is 9.18 Å². The van der Waals surface area contributed by atoms with Crippen molar-refractivity contribution in [3.05, 3.63) is 59.9 Å². The Kier molecular flexibility index (Phi) is 4.42. The number of carbonyl (C=O) groups excluding carboxylic acids is 1. The molecule has 7 nitrogen and oxygen atoms in total. The summed E-state index contributed by atoms with van der Waals surface area (Å²) in [7, 11) is 0. The lowest BCUT2D eigenvalue weighted by molar-refractivity contribution is 0.212. The van der Waals surface area contributed by atoms with Crippen LogP contribution in [0.15, 0.2) is 48.8 Å². The third kappa shape index (κ3) is 3.38. The third-order valence-corrected chi connectivity index (χ3v) is 5.80. The fourth-order valence-corrected chi connectivity index (χ4v) is 4.21. The van der Waals surface area contributed by atoms with Gasteiger partial charge >= 0.3 is 6.03 Å². The summed E-state index contributed by atoms with van der Waals surface area (Å²) >= 11 is 0. The molecule has 0 spiro atoms. The largest absolute Gasteiger partial charge is 0.352 e. The number of benzene rings is 1. The maximum absolute atomic E-state index is 14.5. The van der Waals surface area contributed by atoms with Gasteiger partial charge in [-0.25, -0.2) is 14.2 Å². The van der Waals surface area contributed by atoms with Crippen LogP contribution in [0, 0.1) is 0 Å². The Morgan fingerprint density at radius 1 is 1.17 bits per heavy atom. The molecular formula is C22H23FN6O. The molecule has 1 atom stereocenters. The van der Waals surface area contributed by atoms with Gasteiger partial charge in [-0.2, -0.15) is 5.10 Å². The molecule has 30 heavy (non-hydrogen) atoms. The van der Waals surface area contributed by atoms with Crippen LogP contribution in [0.25, 0.3) is 11.3 Å². The summed E-state index contributed by atoms with van der Waals surface area (Å²) in [4.78, 5) is 21.3. The second-order valence-corrected chi connectivity index (χ2v) is 8.17. The normalized spacial score (nSPS) is 20.5. The van der Waals surface area contributed by atoms with Crippen LogP contribution in [0.1, 0.15) is 24.5 Å². The molecule has 2 aliphatic rings. The molecule has 8 heteroatoms. The zero-order valence-electron chi connectivity index (χ0n) is 16.7. The van der Waals surface area contributed by atoms with Crippen LogP contribution in [0.4, 0.5) is 20.7 Å². The monoisotopic (exact) mass is 406 g/mol. The number of amides is 2. The molecule has 1 aromatic carbocycles. The molecule has 1 fully saturated rings. The lowest BCUT2D eigenvalue weighted by atomic mass is 10.1. The minimum Gasteiger partial charge on any atom is -0.352 e. The van der Waals surface area contributed by atoms with Crippen LogP contribution in [0.3, 0.4) is 0 Å². The minimum absolute atomic E-state index is 0.205.